The van der Waals surface area contributed by atoms with E-state index in [0.717, 1.165) is 17.2 Å². The Morgan fingerprint density at radius 2 is 2.24 bits per heavy atom. The van der Waals surface area contributed by atoms with E-state index in [1.807, 2.05) is 6.92 Å². The quantitative estimate of drug-likeness (QED) is 0.816. The standard InChI is InChI=1S/C13H19F3N4S/c1-2-21-12-7-17-6-11(19-12)18-5-10-3-4-20(8-10)9-13(14,15)16/h6-7,10H,2-5,8-9H2,1H3,(H,18,19)/t10-/m0/s1. The van der Waals surface area contributed by atoms with E-state index in [0.29, 0.717) is 25.5 Å². The van der Waals surface area contributed by atoms with Gasteiger partial charge in [0.1, 0.15) is 10.8 Å². The maximum absolute atomic E-state index is 12.3. The van der Waals surface area contributed by atoms with Crippen LogP contribution in [0.3, 0.4) is 0 Å². The number of hydrogen-bond acceptors (Lipinski definition) is 5. The third kappa shape index (κ3) is 5.70. The van der Waals surface area contributed by atoms with Crippen molar-refractivity contribution in [2.45, 2.75) is 24.5 Å². The number of nitrogens with one attached hydrogen (secondary N) is 1. The summed E-state index contributed by atoms with van der Waals surface area (Å²) in [6.07, 6.45) is 0.0154. The van der Waals surface area contributed by atoms with E-state index in [2.05, 4.69) is 15.3 Å². The van der Waals surface area contributed by atoms with Gasteiger partial charge in [0, 0.05) is 13.1 Å². The van der Waals surface area contributed by atoms with Crippen molar-refractivity contribution in [3.8, 4) is 0 Å². The normalized spacial score (nSPS) is 19.9. The second kappa shape index (κ2) is 7.31. The van der Waals surface area contributed by atoms with Crippen molar-refractivity contribution in [1.82, 2.24) is 14.9 Å². The van der Waals surface area contributed by atoms with Gasteiger partial charge in [0.15, 0.2) is 0 Å². The lowest BCUT2D eigenvalue weighted by Crippen LogP contribution is -2.33. The Bertz CT molecular complexity index is 455. The van der Waals surface area contributed by atoms with Gasteiger partial charge in [-0.2, -0.15) is 13.2 Å². The number of aromatic nitrogens is 2. The molecular weight excluding hydrogens is 301 g/mol. The van der Waals surface area contributed by atoms with Crippen molar-refractivity contribution in [3.63, 3.8) is 0 Å². The molecule has 0 spiro atoms. The largest absolute Gasteiger partial charge is 0.401 e. The first-order valence-corrected chi connectivity index (χ1v) is 7.92. The average Bonchev–Trinajstić information content (AvgIpc) is 2.83. The molecule has 2 heterocycles. The van der Waals surface area contributed by atoms with Crippen molar-refractivity contribution in [2.24, 2.45) is 5.92 Å². The molecule has 0 amide bonds. The maximum atomic E-state index is 12.3. The van der Waals surface area contributed by atoms with Gasteiger partial charge >= 0.3 is 6.18 Å². The van der Waals surface area contributed by atoms with E-state index >= 15 is 0 Å². The minimum absolute atomic E-state index is 0.219. The zero-order chi connectivity index (χ0) is 15.3. The zero-order valence-corrected chi connectivity index (χ0v) is 12.7. The highest BCUT2D eigenvalue weighted by Crippen LogP contribution is 2.23. The molecule has 2 rings (SSSR count). The van der Waals surface area contributed by atoms with Gasteiger partial charge in [-0.3, -0.25) is 9.88 Å². The smallest absolute Gasteiger partial charge is 0.368 e. The Hall–Kier alpha value is -1.02. The molecule has 118 valence electrons. The summed E-state index contributed by atoms with van der Waals surface area (Å²) < 4.78 is 37.0. The Morgan fingerprint density at radius 1 is 1.43 bits per heavy atom. The van der Waals surface area contributed by atoms with Crippen LogP contribution in [0.15, 0.2) is 17.4 Å². The van der Waals surface area contributed by atoms with Gasteiger partial charge in [-0.25, -0.2) is 4.98 Å². The van der Waals surface area contributed by atoms with Crippen LogP contribution in [0.4, 0.5) is 19.0 Å². The molecule has 21 heavy (non-hydrogen) atoms. The minimum Gasteiger partial charge on any atom is -0.368 e. The highest BCUT2D eigenvalue weighted by atomic mass is 32.2. The molecule has 0 saturated carbocycles. The highest BCUT2D eigenvalue weighted by molar-refractivity contribution is 7.99. The Morgan fingerprint density at radius 3 is 2.95 bits per heavy atom. The van der Waals surface area contributed by atoms with Crippen LogP contribution in [0.25, 0.3) is 0 Å². The van der Waals surface area contributed by atoms with E-state index in [9.17, 15) is 13.2 Å². The first-order valence-electron chi connectivity index (χ1n) is 6.94. The second-order valence-electron chi connectivity index (χ2n) is 5.06. The average molecular weight is 320 g/mol. The molecule has 0 aromatic carbocycles. The van der Waals surface area contributed by atoms with Crippen LogP contribution in [0.1, 0.15) is 13.3 Å². The molecule has 4 nitrogen and oxygen atoms in total. The van der Waals surface area contributed by atoms with E-state index in [1.165, 1.54) is 4.90 Å². The predicted octanol–water partition coefficient (Wildman–Crippen LogP) is 2.88. The molecular formula is C13H19F3N4S. The monoisotopic (exact) mass is 320 g/mol. The number of hydrogen-bond donors (Lipinski definition) is 1. The predicted molar refractivity (Wildman–Crippen MR) is 77.5 cm³/mol. The summed E-state index contributed by atoms with van der Waals surface area (Å²) in [5.74, 6) is 1.83. The molecule has 1 N–H and O–H groups in total. The number of nitrogens with zero attached hydrogens (tertiary/aromatic N) is 3. The van der Waals surface area contributed by atoms with Gasteiger partial charge in [0.25, 0.3) is 0 Å². The Kier molecular flexibility index (Phi) is 5.69. The van der Waals surface area contributed by atoms with Crippen molar-refractivity contribution in [2.75, 3.05) is 37.2 Å². The number of alkyl halides is 3. The topological polar surface area (TPSA) is 41.1 Å². The van der Waals surface area contributed by atoms with E-state index in [1.54, 1.807) is 24.2 Å². The summed E-state index contributed by atoms with van der Waals surface area (Å²) >= 11 is 1.61. The van der Waals surface area contributed by atoms with Gasteiger partial charge in [0.2, 0.25) is 0 Å². The molecule has 1 atom stereocenters. The van der Waals surface area contributed by atoms with Crippen LogP contribution >= 0.6 is 11.8 Å². The summed E-state index contributed by atoms with van der Waals surface area (Å²) in [5, 5.41) is 4.03. The van der Waals surface area contributed by atoms with Crippen LogP contribution in [0.5, 0.6) is 0 Å². The van der Waals surface area contributed by atoms with Crippen molar-refractivity contribution in [3.05, 3.63) is 12.4 Å². The number of thioether (sulfide) groups is 1. The fourth-order valence-electron chi connectivity index (χ4n) is 2.38. The fraction of sp³-hybridized carbons (Fsp3) is 0.692. The summed E-state index contributed by atoms with van der Waals surface area (Å²) in [5.41, 5.74) is 0. The molecule has 1 saturated heterocycles. The molecule has 1 aliphatic heterocycles. The van der Waals surface area contributed by atoms with Crippen molar-refractivity contribution in [1.29, 1.82) is 0 Å². The second-order valence-corrected chi connectivity index (χ2v) is 6.35. The maximum Gasteiger partial charge on any atom is 0.401 e. The number of anilines is 1. The number of halogens is 3. The molecule has 0 bridgehead atoms. The molecule has 0 aliphatic carbocycles. The first kappa shape index (κ1) is 16.4. The molecule has 1 aliphatic rings. The van der Waals surface area contributed by atoms with Crippen LogP contribution in [-0.4, -0.2) is 53.0 Å². The lowest BCUT2D eigenvalue weighted by molar-refractivity contribution is -0.143. The van der Waals surface area contributed by atoms with E-state index < -0.39 is 12.7 Å². The van der Waals surface area contributed by atoms with Gasteiger partial charge in [-0.05, 0) is 24.6 Å². The zero-order valence-electron chi connectivity index (χ0n) is 11.9. The lowest BCUT2D eigenvalue weighted by Gasteiger charge is -2.18. The summed E-state index contributed by atoms with van der Waals surface area (Å²) in [7, 11) is 0. The fourth-order valence-corrected chi connectivity index (χ4v) is 2.97. The Balaban J connectivity index is 1.78. The molecule has 0 radical (unpaired) electrons. The SMILES string of the molecule is CCSc1cncc(NC[C@@H]2CCN(CC(F)(F)F)C2)n1. The molecule has 8 heteroatoms. The molecule has 0 unspecified atom stereocenters. The summed E-state index contributed by atoms with van der Waals surface area (Å²) in [6.45, 7) is 2.84. The van der Waals surface area contributed by atoms with E-state index in [-0.39, 0.29) is 5.92 Å². The highest BCUT2D eigenvalue weighted by Gasteiger charge is 2.34. The summed E-state index contributed by atoms with van der Waals surface area (Å²) in [4.78, 5) is 9.96. The molecule has 1 fully saturated rings. The third-order valence-electron chi connectivity index (χ3n) is 3.25. The molecule has 1 aromatic rings. The van der Waals surface area contributed by atoms with Gasteiger partial charge in [-0.15, -0.1) is 11.8 Å². The lowest BCUT2D eigenvalue weighted by atomic mass is 10.1. The van der Waals surface area contributed by atoms with Crippen LogP contribution < -0.4 is 5.32 Å². The number of rotatable bonds is 6. The van der Waals surface area contributed by atoms with E-state index in [4.69, 9.17) is 0 Å². The van der Waals surface area contributed by atoms with Gasteiger partial charge in [-0.1, -0.05) is 6.92 Å². The van der Waals surface area contributed by atoms with Crippen LogP contribution in [0, 0.1) is 5.92 Å². The van der Waals surface area contributed by atoms with Crippen LogP contribution in [0.2, 0.25) is 0 Å². The van der Waals surface area contributed by atoms with Gasteiger partial charge in [0.05, 0.1) is 18.9 Å². The summed E-state index contributed by atoms with van der Waals surface area (Å²) in [6, 6.07) is 0. The van der Waals surface area contributed by atoms with Crippen LogP contribution in [-0.2, 0) is 0 Å². The van der Waals surface area contributed by atoms with Crippen molar-refractivity contribution >= 4 is 17.6 Å². The van der Waals surface area contributed by atoms with Crippen molar-refractivity contribution < 1.29 is 13.2 Å². The number of likely N-dealkylation sites (tertiary alicyclic amines) is 1. The van der Waals surface area contributed by atoms with Gasteiger partial charge < -0.3 is 5.32 Å². The minimum atomic E-state index is -4.11. The Labute approximate surface area is 126 Å². The molecule has 1 aromatic heterocycles. The third-order valence-corrected chi connectivity index (χ3v) is 4.03. The first-order chi connectivity index (χ1) is 9.96.